The van der Waals surface area contributed by atoms with Crippen molar-refractivity contribution in [1.82, 2.24) is 19.9 Å². The van der Waals surface area contributed by atoms with Crippen LogP contribution in [0, 0.1) is 0 Å². The third-order valence-corrected chi connectivity index (χ3v) is 6.16. The van der Waals surface area contributed by atoms with Crippen LogP contribution in [0.1, 0.15) is 16.1 Å². The van der Waals surface area contributed by atoms with E-state index in [2.05, 4.69) is 19.9 Å². The minimum absolute atomic E-state index is 0.0928. The Morgan fingerprint density at radius 1 is 1.11 bits per heavy atom. The second-order valence-electron chi connectivity index (χ2n) is 6.11. The number of thiazole rings is 1. The first kappa shape index (κ1) is 17.9. The second kappa shape index (κ2) is 8.49. The van der Waals surface area contributed by atoms with Crippen LogP contribution in [0.25, 0.3) is 0 Å². The van der Waals surface area contributed by atoms with Crippen LogP contribution in [0.2, 0.25) is 0 Å². The molecule has 2 aromatic heterocycles. The van der Waals surface area contributed by atoms with Crippen LogP contribution in [-0.4, -0.2) is 51.9 Å². The first-order valence-corrected chi connectivity index (χ1v) is 10.6. The molecule has 4 rings (SSSR count). The number of hydrogen-bond acceptors (Lipinski definition) is 7. The van der Waals surface area contributed by atoms with Crippen molar-refractivity contribution in [3.8, 4) is 0 Å². The molecule has 1 aromatic carbocycles. The van der Waals surface area contributed by atoms with Crippen molar-refractivity contribution in [2.75, 3.05) is 31.1 Å². The summed E-state index contributed by atoms with van der Waals surface area (Å²) in [5, 5.41) is 2.04. The van der Waals surface area contributed by atoms with Crippen LogP contribution in [0.3, 0.4) is 0 Å². The molecule has 27 heavy (non-hydrogen) atoms. The van der Waals surface area contributed by atoms with Gasteiger partial charge in [-0.3, -0.25) is 9.78 Å². The summed E-state index contributed by atoms with van der Waals surface area (Å²) in [6.07, 6.45) is 5.13. The number of thioether (sulfide) groups is 1. The van der Waals surface area contributed by atoms with Crippen molar-refractivity contribution >= 4 is 34.8 Å². The highest BCUT2D eigenvalue weighted by Gasteiger charge is 2.24. The molecular formula is C19H19N5OS2. The number of anilines is 1. The van der Waals surface area contributed by atoms with E-state index in [0.717, 1.165) is 40.8 Å². The Morgan fingerprint density at radius 2 is 1.96 bits per heavy atom. The summed E-state index contributed by atoms with van der Waals surface area (Å²) < 4.78 is 0. The number of benzene rings is 1. The molecule has 0 aliphatic carbocycles. The Labute approximate surface area is 166 Å². The van der Waals surface area contributed by atoms with Crippen molar-refractivity contribution in [1.29, 1.82) is 0 Å². The minimum atomic E-state index is 0.0928. The largest absolute Gasteiger partial charge is 0.352 e. The lowest BCUT2D eigenvalue weighted by molar-refractivity contribution is 0.0743. The quantitative estimate of drug-likeness (QED) is 0.616. The number of nitrogens with zero attached hydrogens (tertiary/aromatic N) is 5. The highest BCUT2D eigenvalue weighted by molar-refractivity contribution is 7.98. The Hall–Kier alpha value is -2.45. The number of carbonyl (C=O) groups excluding carboxylic acids is 1. The van der Waals surface area contributed by atoms with Gasteiger partial charge >= 0.3 is 0 Å². The smallest absolute Gasteiger partial charge is 0.255 e. The topological polar surface area (TPSA) is 62.2 Å². The number of carbonyl (C=O) groups is 1. The molecule has 1 saturated heterocycles. The van der Waals surface area contributed by atoms with Gasteiger partial charge in [0.2, 0.25) is 0 Å². The van der Waals surface area contributed by atoms with E-state index >= 15 is 0 Å². The summed E-state index contributed by atoms with van der Waals surface area (Å²) in [5.41, 5.74) is 3.65. The average molecular weight is 398 g/mol. The number of amides is 1. The van der Waals surface area contributed by atoms with Crippen LogP contribution in [0.15, 0.2) is 58.6 Å². The molecule has 1 aliphatic rings. The molecule has 0 N–H and O–H groups in total. The second-order valence-corrected chi connectivity index (χ2v) is 7.84. The van der Waals surface area contributed by atoms with E-state index in [1.807, 2.05) is 40.1 Å². The molecular weight excluding hydrogens is 378 g/mol. The third kappa shape index (κ3) is 4.28. The van der Waals surface area contributed by atoms with Crippen molar-refractivity contribution in [3.05, 3.63) is 65.0 Å². The zero-order valence-electron chi connectivity index (χ0n) is 14.7. The van der Waals surface area contributed by atoms with Gasteiger partial charge in [0.1, 0.15) is 5.82 Å². The van der Waals surface area contributed by atoms with Gasteiger partial charge in [-0.25, -0.2) is 9.97 Å². The van der Waals surface area contributed by atoms with Crippen molar-refractivity contribution < 1.29 is 4.79 Å². The van der Waals surface area contributed by atoms with E-state index in [-0.39, 0.29) is 5.91 Å². The third-order valence-electron chi connectivity index (χ3n) is 4.42. The van der Waals surface area contributed by atoms with Crippen LogP contribution in [0.5, 0.6) is 0 Å². The van der Waals surface area contributed by atoms with Crippen molar-refractivity contribution in [2.45, 2.75) is 10.6 Å². The van der Waals surface area contributed by atoms with Crippen LogP contribution >= 0.6 is 23.1 Å². The molecule has 3 aromatic rings. The summed E-state index contributed by atoms with van der Waals surface area (Å²) in [6.45, 7) is 2.89. The first-order chi connectivity index (χ1) is 13.3. The van der Waals surface area contributed by atoms with Gasteiger partial charge in [-0.2, -0.15) is 0 Å². The molecule has 1 fully saturated rings. The lowest BCUT2D eigenvalue weighted by atomic mass is 10.2. The minimum Gasteiger partial charge on any atom is -0.352 e. The fourth-order valence-electron chi connectivity index (χ4n) is 2.99. The van der Waals surface area contributed by atoms with Gasteiger partial charge in [0.25, 0.3) is 5.91 Å². The molecule has 3 heterocycles. The van der Waals surface area contributed by atoms with Crippen LogP contribution in [-0.2, 0) is 5.75 Å². The fraction of sp³-hybridized carbons (Fsp3) is 0.263. The summed E-state index contributed by atoms with van der Waals surface area (Å²) in [6, 6.07) is 7.84. The highest BCUT2D eigenvalue weighted by atomic mass is 32.2. The standard InChI is InChI=1S/C19H19N5OS2/c25-19(24-9-7-23(8-10-24)18-11-20-5-6-21-18)16-3-1-2-4-17(16)27-13-15-12-26-14-22-15/h1-6,11-12,14H,7-10,13H2. The van der Waals surface area contributed by atoms with Crippen molar-refractivity contribution in [2.24, 2.45) is 0 Å². The van der Waals surface area contributed by atoms with Crippen LogP contribution in [0.4, 0.5) is 5.82 Å². The first-order valence-electron chi connectivity index (χ1n) is 8.70. The average Bonchev–Trinajstić information content (AvgIpc) is 3.26. The summed E-state index contributed by atoms with van der Waals surface area (Å²) >= 11 is 3.25. The molecule has 0 atom stereocenters. The van der Waals surface area contributed by atoms with Gasteiger partial charge in [-0.15, -0.1) is 23.1 Å². The van der Waals surface area contributed by atoms with E-state index in [4.69, 9.17) is 0 Å². The van der Waals surface area contributed by atoms with Crippen LogP contribution < -0.4 is 4.90 Å². The molecule has 8 heteroatoms. The lowest BCUT2D eigenvalue weighted by Crippen LogP contribution is -2.49. The highest BCUT2D eigenvalue weighted by Crippen LogP contribution is 2.27. The number of aromatic nitrogens is 3. The molecule has 1 amide bonds. The maximum atomic E-state index is 13.1. The normalized spacial score (nSPS) is 14.4. The number of rotatable bonds is 5. The summed E-state index contributed by atoms with van der Waals surface area (Å²) in [7, 11) is 0. The molecule has 0 saturated carbocycles. The predicted octanol–water partition coefficient (Wildman–Crippen LogP) is 3.19. The molecule has 0 unspecified atom stereocenters. The van der Waals surface area contributed by atoms with Gasteiger partial charge in [0.15, 0.2) is 0 Å². The summed E-state index contributed by atoms with van der Waals surface area (Å²) in [5.74, 6) is 1.73. The number of piperazine rings is 1. The number of hydrogen-bond donors (Lipinski definition) is 0. The molecule has 1 aliphatic heterocycles. The SMILES string of the molecule is O=C(c1ccccc1SCc1cscn1)N1CCN(c2cnccn2)CC1. The Balaban J connectivity index is 1.41. The van der Waals surface area contributed by atoms with Gasteiger partial charge in [-0.05, 0) is 12.1 Å². The van der Waals surface area contributed by atoms with Gasteiger partial charge < -0.3 is 9.80 Å². The maximum Gasteiger partial charge on any atom is 0.255 e. The molecule has 6 nitrogen and oxygen atoms in total. The van der Waals surface area contributed by atoms with Gasteiger partial charge in [0.05, 0.1) is 23.0 Å². The predicted molar refractivity (Wildman–Crippen MR) is 108 cm³/mol. The zero-order chi connectivity index (χ0) is 18.5. The van der Waals surface area contributed by atoms with Crippen molar-refractivity contribution in [3.63, 3.8) is 0 Å². The fourth-order valence-corrected chi connectivity index (χ4v) is 4.60. The van der Waals surface area contributed by atoms with E-state index in [0.29, 0.717) is 13.1 Å². The van der Waals surface area contributed by atoms with E-state index in [9.17, 15) is 4.79 Å². The maximum absolute atomic E-state index is 13.1. The summed E-state index contributed by atoms with van der Waals surface area (Å²) in [4.78, 5) is 31.0. The molecule has 0 radical (unpaired) electrons. The zero-order valence-corrected chi connectivity index (χ0v) is 16.3. The molecule has 138 valence electrons. The van der Waals surface area contributed by atoms with Gasteiger partial charge in [-0.1, -0.05) is 12.1 Å². The molecule has 0 bridgehead atoms. The van der Waals surface area contributed by atoms with E-state index < -0.39 is 0 Å². The van der Waals surface area contributed by atoms with Gasteiger partial charge in [0, 0.05) is 54.6 Å². The Morgan fingerprint density at radius 3 is 2.70 bits per heavy atom. The lowest BCUT2D eigenvalue weighted by Gasteiger charge is -2.35. The monoisotopic (exact) mass is 397 g/mol. The Bertz CT molecular complexity index is 880. The Kier molecular flexibility index (Phi) is 5.64. The molecule has 0 spiro atoms. The van der Waals surface area contributed by atoms with E-state index in [1.165, 1.54) is 0 Å². The van der Waals surface area contributed by atoms with E-state index in [1.54, 1.807) is 41.7 Å².